The van der Waals surface area contributed by atoms with E-state index in [1.807, 2.05) is 6.07 Å². The lowest BCUT2D eigenvalue weighted by atomic mass is 9.99. The highest BCUT2D eigenvalue weighted by Gasteiger charge is 2.19. The SMILES string of the molecule is Clc1cc(Br)cc2c3ccc4cccc5c6ccccc6n(c12)c3c45. The smallest absolute Gasteiger partial charge is 0.0728 e. The summed E-state index contributed by atoms with van der Waals surface area (Å²) in [4.78, 5) is 0. The van der Waals surface area contributed by atoms with Crippen LogP contribution in [0.3, 0.4) is 0 Å². The average Bonchev–Trinajstić information content (AvgIpc) is 2.96. The van der Waals surface area contributed by atoms with Crippen molar-refractivity contribution < 1.29 is 0 Å². The van der Waals surface area contributed by atoms with Gasteiger partial charge in [-0.3, -0.25) is 0 Å². The summed E-state index contributed by atoms with van der Waals surface area (Å²) < 4.78 is 3.34. The lowest BCUT2D eigenvalue weighted by molar-refractivity contribution is 1.35. The van der Waals surface area contributed by atoms with E-state index in [0.717, 1.165) is 15.0 Å². The van der Waals surface area contributed by atoms with Crippen LogP contribution in [0.15, 0.2) is 71.2 Å². The molecule has 4 aromatic carbocycles. The molecule has 0 spiro atoms. The quantitative estimate of drug-likeness (QED) is 0.183. The maximum absolute atomic E-state index is 6.71. The van der Waals surface area contributed by atoms with Crippen LogP contribution in [0.25, 0.3) is 48.9 Å². The van der Waals surface area contributed by atoms with Gasteiger partial charge < -0.3 is 4.40 Å². The zero-order valence-corrected chi connectivity index (χ0v) is 15.4. The van der Waals surface area contributed by atoms with Crippen molar-refractivity contribution in [3.05, 3.63) is 76.2 Å². The number of para-hydroxylation sites is 1. The minimum absolute atomic E-state index is 0.767. The number of benzene rings is 4. The summed E-state index contributed by atoms with van der Waals surface area (Å²) >= 11 is 10.3. The molecule has 0 N–H and O–H groups in total. The Labute approximate surface area is 156 Å². The van der Waals surface area contributed by atoms with Crippen molar-refractivity contribution in [2.24, 2.45) is 0 Å². The van der Waals surface area contributed by atoms with E-state index in [1.165, 1.54) is 43.4 Å². The van der Waals surface area contributed by atoms with Crippen LogP contribution in [-0.4, -0.2) is 4.40 Å². The zero-order chi connectivity index (χ0) is 16.7. The fourth-order valence-electron chi connectivity index (χ4n) is 4.28. The van der Waals surface area contributed by atoms with Crippen LogP contribution in [0.2, 0.25) is 5.02 Å². The summed E-state index contributed by atoms with van der Waals surface area (Å²) in [6.45, 7) is 0. The van der Waals surface area contributed by atoms with E-state index in [9.17, 15) is 0 Å². The Balaban J connectivity index is 2.15. The molecule has 6 rings (SSSR count). The van der Waals surface area contributed by atoms with Gasteiger partial charge in [-0.2, -0.15) is 0 Å². The van der Waals surface area contributed by atoms with E-state index < -0.39 is 0 Å². The van der Waals surface area contributed by atoms with Crippen LogP contribution in [-0.2, 0) is 0 Å². The van der Waals surface area contributed by atoms with Crippen LogP contribution in [0.4, 0.5) is 0 Å². The maximum atomic E-state index is 6.71. The van der Waals surface area contributed by atoms with E-state index in [1.54, 1.807) is 0 Å². The molecular formula is C22H11BrClN. The number of rotatable bonds is 0. The molecule has 0 radical (unpaired) electrons. The predicted molar refractivity (Wildman–Crippen MR) is 111 cm³/mol. The molecule has 1 nitrogen and oxygen atoms in total. The molecule has 0 aliphatic rings. The van der Waals surface area contributed by atoms with Crippen molar-refractivity contribution in [2.45, 2.75) is 0 Å². The number of hydrogen-bond acceptors (Lipinski definition) is 0. The number of fused-ring (bicyclic) bond motifs is 6. The summed E-state index contributed by atoms with van der Waals surface area (Å²) in [6, 6.07) is 23.7. The van der Waals surface area contributed by atoms with Gasteiger partial charge in [0.15, 0.2) is 0 Å². The highest BCUT2D eigenvalue weighted by molar-refractivity contribution is 9.10. The second-order valence-corrected chi connectivity index (χ2v) is 7.82. The third kappa shape index (κ3) is 1.64. The van der Waals surface area contributed by atoms with Gasteiger partial charge in [0, 0.05) is 26.0 Å². The molecule has 2 aromatic heterocycles. The molecule has 118 valence electrons. The topological polar surface area (TPSA) is 4.41 Å². The Kier molecular flexibility index (Phi) is 2.60. The van der Waals surface area contributed by atoms with Crippen LogP contribution in [0, 0.1) is 0 Å². The molecule has 6 aromatic rings. The fraction of sp³-hybridized carbons (Fsp3) is 0. The molecule has 3 heteroatoms. The molecule has 0 saturated heterocycles. The Morgan fingerprint density at radius 3 is 2.48 bits per heavy atom. The van der Waals surface area contributed by atoms with Gasteiger partial charge in [-0.05, 0) is 29.0 Å². The summed E-state index contributed by atoms with van der Waals surface area (Å²) in [6.07, 6.45) is 0. The van der Waals surface area contributed by atoms with Crippen molar-refractivity contribution in [3.8, 4) is 0 Å². The Morgan fingerprint density at radius 1 is 0.720 bits per heavy atom. The second kappa shape index (κ2) is 4.66. The Bertz CT molecular complexity index is 1460. The first-order valence-electron chi connectivity index (χ1n) is 8.19. The maximum Gasteiger partial charge on any atom is 0.0728 e. The fourth-order valence-corrected chi connectivity index (χ4v) is 5.18. The molecule has 0 aliphatic heterocycles. The van der Waals surface area contributed by atoms with Gasteiger partial charge in [0.05, 0.1) is 21.6 Å². The standard InChI is InChI=1S/C22H11BrClN/c23-13-10-17-16-9-8-12-4-3-6-15-14-5-1-2-7-19(14)25(22(16)20(12)15)21(17)18(24)11-13/h1-11H. The largest absolute Gasteiger partial charge is 0.306 e. The molecular weight excluding hydrogens is 394 g/mol. The second-order valence-electron chi connectivity index (χ2n) is 6.50. The lowest BCUT2D eigenvalue weighted by Gasteiger charge is -2.12. The van der Waals surface area contributed by atoms with Gasteiger partial charge in [0.2, 0.25) is 0 Å². The number of halogens is 2. The summed E-state index contributed by atoms with van der Waals surface area (Å²) in [5, 5.41) is 8.31. The first kappa shape index (κ1) is 13.9. The van der Waals surface area contributed by atoms with Crippen molar-refractivity contribution in [1.82, 2.24) is 4.40 Å². The van der Waals surface area contributed by atoms with Crippen LogP contribution in [0.1, 0.15) is 0 Å². The minimum Gasteiger partial charge on any atom is -0.306 e. The van der Waals surface area contributed by atoms with Crippen LogP contribution < -0.4 is 0 Å². The molecule has 0 unspecified atom stereocenters. The van der Waals surface area contributed by atoms with Gasteiger partial charge in [0.1, 0.15) is 0 Å². The van der Waals surface area contributed by atoms with Crippen molar-refractivity contribution in [1.29, 1.82) is 0 Å². The average molecular weight is 405 g/mol. The highest BCUT2D eigenvalue weighted by Crippen LogP contribution is 2.43. The Morgan fingerprint density at radius 2 is 1.56 bits per heavy atom. The first-order chi connectivity index (χ1) is 12.2. The zero-order valence-electron chi connectivity index (χ0n) is 13.1. The van der Waals surface area contributed by atoms with Crippen molar-refractivity contribution >= 4 is 76.4 Å². The van der Waals surface area contributed by atoms with E-state index in [2.05, 4.69) is 81.0 Å². The molecule has 0 saturated carbocycles. The number of nitrogens with zero attached hydrogens (tertiary/aromatic N) is 1. The summed E-state index contributed by atoms with van der Waals surface area (Å²) in [5.74, 6) is 0. The van der Waals surface area contributed by atoms with E-state index >= 15 is 0 Å². The van der Waals surface area contributed by atoms with Crippen molar-refractivity contribution in [3.63, 3.8) is 0 Å². The van der Waals surface area contributed by atoms with Gasteiger partial charge in [0.25, 0.3) is 0 Å². The third-order valence-corrected chi connectivity index (χ3v) is 5.96. The van der Waals surface area contributed by atoms with E-state index in [-0.39, 0.29) is 0 Å². The highest BCUT2D eigenvalue weighted by atomic mass is 79.9. The normalized spacial score (nSPS) is 12.4. The molecule has 25 heavy (non-hydrogen) atoms. The molecule has 0 aliphatic carbocycles. The van der Waals surface area contributed by atoms with Crippen LogP contribution >= 0.6 is 27.5 Å². The van der Waals surface area contributed by atoms with Gasteiger partial charge in [-0.1, -0.05) is 76.1 Å². The number of pyridine rings is 1. The van der Waals surface area contributed by atoms with E-state index in [4.69, 9.17) is 11.6 Å². The lowest BCUT2D eigenvalue weighted by Crippen LogP contribution is -1.92. The minimum atomic E-state index is 0.767. The molecule has 0 amide bonds. The van der Waals surface area contributed by atoms with Gasteiger partial charge >= 0.3 is 0 Å². The van der Waals surface area contributed by atoms with Crippen LogP contribution in [0.5, 0.6) is 0 Å². The first-order valence-corrected chi connectivity index (χ1v) is 9.36. The van der Waals surface area contributed by atoms with Gasteiger partial charge in [-0.25, -0.2) is 0 Å². The predicted octanol–water partition coefficient (Wildman–Crippen LogP) is 7.41. The van der Waals surface area contributed by atoms with E-state index in [0.29, 0.717) is 0 Å². The molecule has 0 bridgehead atoms. The monoisotopic (exact) mass is 403 g/mol. The molecule has 0 atom stereocenters. The number of hydrogen-bond donors (Lipinski definition) is 0. The summed E-state index contributed by atoms with van der Waals surface area (Å²) in [5.41, 5.74) is 3.52. The van der Waals surface area contributed by atoms with Crippen molar-refractivity contribution in [2.75, 3.05) is 0 Å². The summed E-state index contributed by atoms with van der Waals surface area (Å²) in [7, 11) is 0. The third-order valence-electron chi connectivity index (χ3n) is 5.22. The molecule has 0 fully saturated rings. The Hall–Kier alpha value is -2.29. The van der Waals surface area contributed by atoms with Gasteiger partial charge in [-0.15, -0.1) is 0 Å². The number of aromatic nitrogens is 1. The molecule has 2 heterocycles.